The molecule has 2 heterocycles. The van der Waals surface area contributed by atoms with E-state index in [1.165, 1.54) is 24.3 Å². The van der Waals surface area contributed by atoms with Gasteiger partial charge in [-0.05, 0) is 55.3 Å². The smallest absolute Gasteiger partial charge is 0.311 e. The molecule has 4 rings (SSSR count). The van der Waals surface area contributed by atoms with Crippen LogP contribution in [0.4, 0.5) is 27.7 Å². The van der Waals surface area contributed by atoms with Gasteiger partial charge in [0.2, 0.25) is 17.8 Å². The molecule has 0 aliphatic carbocycles. The Morgan fingerprint density at radius 1 is 1.18 bits per heavy atom. The van der Waals surface area contributed by atoms with Crippen molar-refractivity contribution >= 4 is 35.1 Å². The molecule has 0 saturated carbocycles. The highest BCUT2D eigenvalue weighted by molar-refractivity contribution is 6.00. The minimum atomic E-state index is -0.589. The maximum absolute atomic E-state index is 13.1. The first-order valence-corrected chi connectivity index (χ1v) is 10.4. The summed E-state index contributed by atoms with van der Waals surface area (Å²) >= 11 is 0. The number of anilines is 4. The molecule has 1 fully saturated rings. The number of amides is 1. The average Bonchev–Trinajstić information content (AvgIpc) is 3.17. The van der Waals surface area contributed by atoms with Crippen molar-refractivity contribution in [2.45, 2.75) is 26.9 Å². The summed E-state index contributed by atoms with van der Waals surface area (Å²) < 4.78 is 18.4. The predicted molar refractivity (Wildman–Crippen MR) is 120 cm³/mol. The van der Waals surface area contributed by atoms with Crippen molar-refractivity contribution in [1.29, 1.82) is 0 Å². The Kier molecular flexibility index (Phi) is 6.16. The van der Waals surface area contributed by atoms with E-state index in [9.17, 15) is 14.0 Å². The van der Waals surface area contributed by atoms with Crippen molar-refractivity contribution < 1.29 is 18.7 Å². The fourth-order valence-electron chi connectivity index (χ4n) is 3.60. The molecule has 1 aromatic heterocycles. The van der Waals surface area contributed by atoms with Crippen LogP contribution < -0.4 is 16.0 Å². The topological polar surface area (TPSA) is 123 Å². The molecule has 1 aliphatic rings. The third kappa shape index (κ3) is 5.05. The first kappa shape index (κ1) is 22.1. The second kappa shape index (κ2) is 9.19. The summed E-state index contributed by atoms with van der Waals surface area (Å²) in [6.45, 7) is 3.95. The number of nitrogens with one attached hydrogen (secondary N) is 1. The molecule has 0 spiro atoms. The summed E-state index contributed by atoms with van der Waals surface area (Å²) in [7, 11) is 0. The summed E-state index contributed by atoms with van der Waals surface area (Å²) in [6, 6.07) is 11.4. The molecule has 0 unspecified atom stereocenters. The van der Waals surface area contributed by atoms with Crippen molar-refractivity contribution in [2.24, 2.45) is 5.92 Å². The number of ether oxygens (including phenoxy) is 1. The monoisotopic (exact) mass is 450 g/mol. The van der Waals surface area contributed by atoms with Crippen LogP contribution >= 0.6 is 0 Å². The molecular formula is C23H23FN6O3. The van der Waals surface area contributed by atoms with E-state index in [1.807, 2.05) is 32.0 Å². The van der Waals surface area contributed by atoms with Gasteiger partial charge in [-0.1, -0.05) is 12.1 Å². The van der Waals surface area contributed by atoms with E-state index in [0.29, 0.717) is 5.69 Å². The van der Waals surface area contributed by atoms with Gasteiger partial charge in [-0.2, -0.15) is 15.0 Å². The molecule has 0 bridgehead atoms. The van der Waals surface area contributed by atoms with E-state index in [2.05, 4.69) is 20.3 Å². The van der Waals surface area contributed by atoms with Gasteiger partial charge in [0.25, 0.3) is 0 Å². The molecule has 0 radical (unpaired) electrons. The second-order valence-electron chi connectivity index (χ2n) is 7.80. The van der Waals surface area contributed by atoms with E-state index >= 15 is 0 Å². The standard InChI is InChI=1S/C23H23FN6O3/c1-13-4-3-5-18(14(13)2)30-11-15(10-20(30)31)21(32)33-12-19-27-22(25)29-23(28-19)26-17-8-6-16(24)7-9-17/h3-9,15H,10-12H2,1-2H3,(H3,25,26,27,28,29)/t15-/m1/s1. The number of hydrogen-bond acceptors (Lipinski definition) is 8. The number of halogens is 1. The highest BCUT2D eigenvalue weighted by Gasteiger charge is 2.36. The van der Waals surface area contributed by atoms with Gasteiger partial charge in [0.15, 0.2) is 12.4 Å². The largest absolute Gasteiger partial charge is 0.457 e. The maximum Gasteiger partial charge on any atom is 0.311 e. The summed E-state index contributed by atoms with van der Waals surface area (Å²) in [5, 5.41) is 2.89. The highest BCUT2D eigenvalue weighted by atomic mass is 19.1. The third-order valence-corrected chi connectivity index (χ3v) is 5.47. The van der Waals surface area contributed by atoms with E-state index in [4.69, 9.17) is 10.5 Å². The first-order chi connectivity index (χ1) is 15.8. The van der Waals surface area contributed by atoms with Gasteiger partial charge in [0, 0.05) is 24.3 Å². The zero-order valence-electron chi connectivity index (χ0n) is 18.2. The number of esters is 1. The third-order valence-electron chi connectivity index (χ3n) is 5.47. The minimum Gasteiger partial charge on any atom is -0.457 e. The number of carbonyl (C=O) groups excluding carboxylic acids is 2. The van der Waals surface area contributed by atoms with E-state index in [0.717, 1.165) is 16.8 Å². The van der Waals surface area contributed by atoms with Crippen molar-refractivity contribution in [1.82, 2.24) is 15.0 Å². The lowest BCUT2D eigenvalue weighted by molar-refractivity contribution is -0.149. The zero-order valence-corrected chi connectivity index (χ0v) is 18.2. The van der Waals surface area contributed by atoms with Crippen LogP contribution in [-0.4, -0.2) is 33.4 Å². The molecular weight excluding hydrogens is 427 g/mol. The van der Waals surface area contributed by atoms with Crippen LogP contribution in [0.3, 0.4) is 0 Å². The van der Waals surface area contributed by atoms with Crippen LogP contribution in [-0.2, 0) is 20.9 Å². The number of nitrogens with zero attached hydrogens (tertiary/aromatic N) is 4. The molecule has 1 aliphatic heterocycles. The molecule has 3 aromatic rings. The molecule has 33 heavy (non-hydrogen) atoms. The summed E-state index contributed by atoms with van der Waals surface area (Å²) in [5.74, 6) is -1.37. The Morgan fingerprint density at radius 3 is 2.70 bits per heavy atom. The molecule has 3 N–H and O–H groups in total. The molecule has 2 aromatic carbocycles. The fourth-order valence-corrected chi connectivity index (χ4v) is 3.60. The minimum absolute atomic E-state index is 0.0576. The maximum atomic E-state index is 13.1. The zero-order chi connectivity index (χ0) is 23.5. The van der Waals surface area contributed by atoms with Crippen LogP contribution in [0.5, 0.6) is 0 Å². The van der Waals surface area contributed by atoms with Crippen molar-refractivity contribution in [3.8, 4) is 0 Å². The number of carbonyl (C=O) groups is 2. The Morgan fingerprint density at radius 2 is 1.94 bits per heavy atom. The van der Waals surface area contributed by atoms with Gasteiger partial charge in [0.1, 0.15) is 5.82 Å². The van der Waals surface area contributed by atoms with Gasteiger partial charge in [-0.15, -0.1) is 0 Å². The SMILES string of the molecule is Cc1cccc(N2C[C@H](C(=O)OCc3nc(N)nc(Nc4ccc(F)cc4)n3)CC2=O)c1C. The summed E-state index contributed by atoms with van der Waals surface area (Å²) in [4.78, 5) is 39.0. The highest BCUT2D eigenvalue weighted by Crippen LogP contribution is 2.30. The molecule has 9 nitrogen and oxygen atoms in total. The summed E-state index contributed by atoms with van der Waals surface area (Å²) in [5.41, 5.74) is 9.17. The van der Waals surface area contributed by atoms with Crippen molar-refractivity contribution in [3.05, 3.63) is 65.2 Å². The van der Waals surface area contributed by atoms with Crippen LogP contribution in [0.2, 0.25) is 0 Å². The van der Waals surface area contributed by atoms with Gasteiger partial charge < -0.3 is 20.7 Å². The van der Waals surface area contributed by atoms with Crippen LogP contribution in [0.25, 0.3) is 0 Å². The number of aromatic nitrogens is 3. The lowest BCUT2D eigenvalue weighted by Gasteiger charge is -2.20. The van der Waals surface area contributed by atoms with Crippen LogP contribution in [0.15, 0.2) is 42.5 Å². The molecule has 10 heteroatoms. The Hall–Kier alpha value is -4.08. The Labute approximate surface area is 189 Å². The Balaban J connectivity index is 1.39. The van der Waals surface area contributed by atoms with Gasteiger partial charge in [-0.3, -0.25) is 9.59 Å². The number of benzene rings is 2. The van der Waals surface area contributed by atoms with Crippen molar-refractivity contribution in [3.63, 3.8) is 0 Å². The number of hydrogen-bond donors (Lipinski definition) is 2. The molecule has 1 amide bonds. The average molecular weight is 450 g/mol. The number of rotatable bonds is 6. The van der Waals surface area contributed by atoms with E-state index in [1.54, 1.807) is 4.90 Å². The van der Waals surface area contributed by atoms with Gasteiger partial charge in [-0.25, -0.2) is 4.39 Å². The quantitative estimate of drug-likeness (QED) is 0.549. The number of nitrogen functional groups attached to an aromatic ring is 1. The first-order valence-electron chi connectivity index (χ1n) is 10.4. The molecule has 1 atom stereocenters. The summed E-state index contributed by atoms with van der Waals surface area (Å²) in [6.07, 6.45) is 0.0724. The van der Waals surface area contributed by atoms with E-state index in [-0.39, 0.29) is 49.0 Å². The molecule has 170 valence electrons. The second-order valence-corrected chi connectivity index (χ2v) is 7.80. The lowest BCUT2D eigenvalue weighted by atomic mass is 10.1. The number of aryl methyl sites for hydroxylation is 1. The number of nitrogens with two attached hydrogens (primary N) is 1. The van der Waals surface area contributed by atoms with Gasteiger partial charge >= 0.3 is 5.97 Å². The van der Waals surface area contributed by atoms with Crippen molar-refractivity contribution in [2.75, 3.05) is 22.5 Å². The fraction of sp³-hybridized carbons (Fsp3) is 0.261. The lowest BCUT2D eigenvalue weighted by Crippen LogP contribution is -2.27. The molecule has 1 saturated heterocycles. The van der Waals surface area contributed by atoms with Gasteiger partial charge in [0.05, 0.1) is 5.92 Å². The van der Waals surface area contributed by atoms with Crippen LogP contribution in [0, 0.1) is 25.6 Å². The normalized spacial score (nSPS) is 15.5. The predicted octanol–water partition coefficient (Wildman–Crippen LogP) is 3.05. The van der Waals surface area contributed by atoms with Crippen LogP contribution in [0.1, 0.15) is 23.4 Å². The Bertz CT molecular complexity index is 1200. The van der Waals surface area contributed by atoms with E-state index < -0.39 is 11.9 Å².